The van der Waals surface area contributed by atoms with Crippen molar-refractivity contribution in [3.05, 3.63) is 94.4 Å². The molecule has 1 N–H and O–H groups in total. The van der Waals surface area contributed by atoms with Crippen molar-refractivity contribution in [3.63, 3.8) is 0 Å². The first-order valence-electron chi connectivity index (χ1n) is 8.47. The highest BCUT2D eigenvalue weighted by molar-refractivity contribution is 7.09. The summed E-state index contributed by atoms with van der Waals surface area (Å²) in [5.74, 6) is 0.752. The SMILES string of the molecule is c1ccc(Cc2nc(CNc3ccc(-c4ccccc4)nn3)cs2)cc1. The van der Waals surface area contributed by atoms with E-state index < -0.39 is 0 Å². The number of nitrogens with zero attached hydrogens (tertiary/aromatic N) is 3. The van der Waals surface area contributed by atoms with Gasteiger partial charge in [0.05, 0.1) is 22.9 Å². The van der Waals surface area contributed by atoms with Gasteiger partial charge in [-0.1, -0.05) is 60.7 Å². The molecule has 0 aliphatic rings. The maximum atomic E-state index is 4.69. The molecule has 0 amide bonds. The van der Waals surface area contributed by atoms with Crippen molar-refractivity contribution < 1.29 is 0 Å². The number of hydrogen-bond donors (Lipinski definition) is 1. The molecule has 0 bridgehead atoms. The van der Waals surface area contributed by atoms with E-state index in [2.05, 4.69) is 45.2 Å². The summed E-state index contributed by atoms with van der Waals surface area (Å²) in [5.41, 5.74) is 4.24. The minimum absolute atomic E-state index is 0.644. The fraction of sp³-hybridized carbons (Fsp3) is 0.0952. The molecule has 0 unspecified atom stereocenters. The zero-order chi connectivity index (χ0) is 17.6. The first kappa shape index (κ1) is 16.4. The van der Waals surface area contributed by atoms with Gasteiger partial charge in [-0.2, -0.15) is 0 Å². The zero-order valence-electron chi connectivity index (χ0n) is 14.2. The lowest BCUT2D eigenvalue weighted by Gasteiger charge is -2.04. The summed E-state index contributed by atoms with van der Waals surface area (Å²) in [6.45, 7) is 0.644. The van der Waals surface area contributed by atoms with E-state index in [4.69, 9.17) is 4.98 Å². The molecule has 5 heteroatoms. The number of thiazole rings is 1. The second kappa shape index (κ2) is 7.89. The van der Waals surface area contributed by atoms with Crippen molar-refractivity contribution in [2.45, 2.75) is 13.0 Å². The smallest absolute Gasteiger partial charge is 0.149 e. The molecule has 0 atom stereocenters. The maximum Gasteiger partial charge on any atom is 0.149 e. The predicted molar refractivity (Wildman–Crippen MR) is 106 cm³/mol. The minimum Gasteiger partial charge on any atom is -0.363 e. The van der Waals surface area contributed by atoms with Gasteiger partial charge in [0.15, 0.2) is 0 Å². The van der Waals surface area contributed by atoms with Gasteiger partial charge in [-0.25, -0.2) is 4.98 Å². The fourth-order valence-corrected chi connectivity index (χ4v) is 3.48. The third kappa shape index (κ3) is 4.13. The topological polar surface area (TPSA) is 50.7 Å². The average Bonchev–Trinajstić information content (AvgIpc) is 3.16. The first-order valence-corrected chi connectivity index (χ1v) is 9.35. The molecule has 2 aromatic heterocycles. The highest BCUT2D eigenvalue weighted by atomic mass is 32.1. The number of anilines is 1. The lowest BCUT2D eigenvalue weighted by molar-refractivity contribution is 0.977. The van der Waals surface area contributed by atoms with Crippen molar-refractivity contribution in [1.29, 1.82) is 0 Å². The Labute approximate surface area is 156 Å². The van der Waals surface area contributed by atoms with E-state index in [1.807, 2.05) is 48.5 Å². The molecule has 2 heterocycles. The van der Waals surface area contributed by atoms with E-state index in [9.17, 15) is 0 Å². The van der Waals surface area contributed by atoms with E-state index in [1.54, 1.807) is 11.3 Å². The van der Waals surface area contributed by atoms with Crippen LogP contribution in [-0.2, 0) is 13.0 Å². The standard InChI is InChI=1S/C21H18N4S/c1-3-7-16(8-4-1)13-21-23-18(15-26-21)14-22-20-12-11-19(24-25-20)17-9-5-2-6-10-17/h1-12,15H,13-14H2,(H,22,25). The van der Waals surface area contributed by atoms with E-state index in [0.29, 0.717) is 6.54 Å². The van der Waals surface area contributed by atoms with Crippen LogP contribution in [0, 0.1) is 0 Å². The molecule has 0 aliphatic heterocycles. The molecule has 4 aromatic rings. The Morgan fingerprint density at radius 2 is 1.58 bits per heavy atom. The minimum atomic E-state index is 0.644. The molecule has 26 heavy (non-hydrogen) atoms. The van der Waals surface area contributed by atoms with Crippen molar-refractivity contribution >= 4 is 17.2 Å². The lowest BCUT2D eigenvalue weighted by atomic mass is 10.1. The molecule has 0 aliphatic carbocycles. The van der Waals surface area contributed by atoms with Crippen LogP contribution >= 0.6 is 11.3 Å². The molecule has 0 radical (unpaired) electrons. The molecule has 0 saturated heterocycles. The normalized spacial score (nSPS) is 10.6. The van der Waals surface area contributed by atoms with Gasteiger partial charge in [0.2, 0.25) is 0 Å². The third-order valence-electron chi connectivity index (χ3n) is 3.98. The van der Waals surface area contributed by atoms with Gasteiger partial charge in [-0.15, -0.1) is 21.5 Å². The maximum absolute atomic E-state index is 4.69. The summed E-state index contributed by atoms with van der Waals surface area (Å²) in [4.78, 5) is 4.69. The van der Waals surface area contributed by atoms with E-state index in [-0.39, 0.29) is 0 Å². The van der Waals surface area contributed by atoms with Gasteiger partial charge in [-0.05, 0) is 17.7 Å². The number of benzene rings is 2. The largest absolute Gasteiger partial charge is 0.363 e. The summed E-state index contributed by atoms with van der Waals surface area (Å²) in [5, 5.41) is 15.1. The molecular weight excluding hydrogens is 340 g/mol. The number of hydrogen-bond acceptors (Lipinski definition) is 5. The van der Waals surface area contributed by atoms with Gasteiger partial charge in [0, 0.05) is 17.4 Å². The molecule has 4 rings (SSSR count). The lowest BCUT2D eigenvalue weighted by Crippen LogP contribution is -2.03. The number of aromatic nitrogens is 3. The van der Waals surface area contributed by atoms with Gasteiger partial charge < -0.3 is 5.32 Å². The van der Waals surface area contributed by atoms with Crippen LogP contribution in [0.1, 0.15) is 16.3 Å². The van der Waals surface area contributed by atoms with Gasteiger partial charge in [-0.3, -0.25) is 0 Å². The molecule has 0 fully saturated rings. The predicted octanol–water partition coefficient (Wildman–Crippen LogP) is 4.80. The second-order valence-corrected chi connectivity index (χ2v) is 6.86. The first-order chi connectivity index (χ1) is 12.9. The Hall–Kier alpha value is -3.05. The Balaban J connectivity index is 1.36. The molecule has 4 nitrogen and oxygen atoms in total. The Kier molecular flexibility index (Phi) is 4.98. The number of rotatable bonds is 6. The Morgan fingerprint density at radius 1 is 0.808 bits per heavy atom. The molecule has 0 saturated carbocycles. The zero-order valence-corrected chi connectivity index (χ0v) is 15.0. The van der Waals surface area contributed by atoms with Crippen molar-refractivity contribution in [2.24, 2.45) is 0 Å². The summed E-state index contributed by atoms with van der Waals surface area (Å²) in [6, 6.07) is 24.4. The highest BCUT2D eigenvalue weighted by Gasteiger charge is 2.05. The quantitative estimate of drug-likeness (QED) is 0.538. The van der Waals surface area contributed by atoms with Crippen LogP contribution in [0.5, 0.6) is 0 Å². The molecule has 2 aromatic carbocycles. The third-order valence-corrected chi connectivity index (χ3v) is 4.88. The molecular formula is C21H18N4S. The summed E-state index contributed by atoms with van der Waals surface area (Å²) in [6.07, 6.45) is 0.872. The van der Waals surface area contributed by atoms with E-state index in [0.717, 1.165) is 34.2 Å². The van der Waals surface area contributed by atoms with Crippen LogP contribution in [-0.4, -0.2) is 15.2 Å². The van der Waals surface area contributed by atoms with Crippen molar-refractivity contribution in [1.82, 2.24) is 15.2 Å². The van der Waals surface area contributed by atoms with Gasteiger partial charge in [0.1, 0.15) is 5.82 Å². The van der Waals surface area contributed by atoms with Gasteiger partial charge >= 0.3 is 0 Å². The van der Waals surface area contributed by atoms with Crippen LogP contribution < -0.4 is 5.32 Å². The van der Waals surface area contributed by atoms with E-state index >= 15 is 0 Å². The monoisotopic (exact) mass is 358 g/mol. The van der Waals surface area contributed by atoms with Crippen LogP contribution in [0.2, 0.25) is 0 Å². The van der Waals surface area contributed by atoms with Crippen LogP contribution in [0.3, 0.4) is 0 Å². The Morgan fingerprint density at radius 3 is 2.31 bits per heavy atom. The van der Waals surface area contributed by atoms with Crippen LogP contribution in [0.25, 0.3) is 11.3 Å². The fourth-order valence-electron chi connectivity index (χ4n) is 2.65. The molecule has 128 valence electrons. The highest BCUT2D eigenvalue weighted by Crippen LogP contribution is 2.18. The van der Waals surface area contributed by atoms with Gasteiger partial charge in [0.25, 0.3) is 0 Å². The van der Waals surface area contributed by atoms with Crippen molar-refractivity contribution in [2.75, 3.05) is 5.32 Å². The number of nitrogens with one attached hydrogen (secondary N) is 1. The second-order valence-electron chi connectivity index (χ2n) is 5.92. The Bertz CT molecular complexity index is 950. The summed E-state index contributed by atoms with van der Waals surface area (Å²) in [7, 11) is 0. The molecule has 0 spiro atoms. The van der Waals surface area contributed by atoms with Crippen molar-refractivity contribution in [3.8, 4) is 11.3 Å². The summed E-state index contributed by atoms with van der Waals surface area (Å²) < 4.78 is 0. The summed E-state index contributed by atoms with van der Waals surface area (Å²) >= 11 is 1.69. The van der Waals surface area contributed by atoms with E-state index in [1.165, 1.54) is 5.56 Å². The van der Waals surface area contributed by atoms with Crippen LogP contribution in [0.15, 0.2) is 78.2 Å². The van der Waals surface area contributed by atoms with Crippen LogP contribution in [0.4, 0.5) is 5.82 Å². The average molecular weight is 358 g/mol.